The van der Waals surface area contributed by atoms with Crippen molar-refractivity contribution in [2.24, 2.45) is 5.73 Å². The molecule has 136 valence electrons. The van der Waals surface area contributed by atoms with Gasteiger partial charge in [0.25, 0.3) is 0 Å². The van der Waals surface area contributed by atoms with Crippen LogP contribution in [0.3, 0.4) is 0 Å². The highest BCUT2D eigenvalue weighted by Crippen LogP contribution is 2.32. The van der Waals surface area contributed by atoms with E-state index in [2.05, 4.69) is 30.3 Å². The van der Waals surface area contributed by atoms with E-state index in [9.17, 15) is 0 Å². The average Bonchev–Trinajstić information content (AvgIpc) is 2.68. The summed E-state index contributed by atoms with van der Waals surface area (Å²) in [5.41, 5.74) is 10.1. The molecule has 0 amide bonds. The number of halogens is 1. The van der Waals surface area contributed by atoms with Crippen molar-refractivity contribution >= 4 is 12.4 Å². The van der Waals surface area contributed by atoms with E-state index < -0.39 is 0 Å². The van der Waals surface area contributed by atoms with Crippen molar-refractivity contribution in [3.63, 3.8) is 0 Å². The lowest BCUT2D eigenvalue weighted by Gasteiger charge is -2.14. The predicted octanol–water partition coefficient (Wildman–Crippen LogP) is 5.21. The van der Waals surface area contributed by atoms with Crippen molar-refractivity contribution in [2.45, 2.75) is 20.1 Å². The summed E-state index contributed by atoms with van der Waals surface area (Å²) in [6.07, 6.45) is 0. The summed E-state index contributed by atoms with van der Waals surface area (Å²) < 4.78 is 11.6. The molecule has 3 rings (SSSR count). The van der Waals surface area contributed by atoms with Crippen LogP contribution in [0.5, 0.6) is 11.5 Å². The van der Waals surface area contributed by atoms with Crippen LogP contribution in [0.15, 0.2) is 72.8 Å². The van der Waals surface area contributed by atoms with Crippen molar-refractivity contribution in [3.05, 3.63) is 83.9 Å². The largest absolute Gasteiger partial charge is 0.494 e. The topological polar surface area (TPSA) is 44.5 Å². The molecule has 3 aromatic carbocycles. The molecule has 2 N–H and O–H groups in total. The van der Waals surface area contributed by atoms with Crippen LogP contribution >= 0.6 is 12.4 Å². The van der Waals surface area contributed by atoms with Gasteiger partial charge in [-0.15, -0.1) is 12.4 Å². The maximum absolute atomic E-state index is 6.11. The van der Waals surface area contributed by atoms with E-state index >= 15 is 0 Å². The first-order chi connectivity index (χ1) is 12.3. The monoisotopic (exact) mass is 369 g/mol. The fourth-order valence-electron chi connectivity index (χ4n) is 2.68. The molecule has 0 saturated carbocycles. The first-order valence-corrected chi connectivity index (χ1v) is 8.53. The molecule has 0 heterocycles. The predicted molar refractivity (Wildman–Crippen MR) is 109 cm³/mol. The summed E-state index contributed by atoms with van der Waals surface area (Å²) in [4.78, 5) is 0. The van der Waals surface area contributed by atoms with Gasteiger partial charge < -0.3 is 15.2 Å². The molecule has 3 aromatic rings. The molecular weight excluding hydrogens is 346 g/mol. The van der Waals surface area contributed by atoms with Gasteiger partial charge in [0.1, 0.15) is 18.1 Å². The molecule has 0 saturated heterocycles. The smallest absolute Gasteiger partial charge is 0.127 e. The third kappa shape index (κ3) is 5.01. The van der Waals surface area contributed by atoms with Gasteiger partial charge >= 0.3 is 0 Å². The summed E-state index contributed by atoms with van der Waals surface area (Å²) in [6, 6.07) is 24.4. The maximum atomic E-state index is 6.11. The number of hydrogen-bond acceptors (Lipinski definition) is 3. The minimum absolute atomic E-state index is 0. The molecule has 0 atom stereocenters. The second-order valence-electron chi connectivity index (χ2n) is 5.77. The highest BCUT2D eigenvalue weighted by Gasteiger charge is 2.08. The standard InChI is InChI=1S/C22H23NO2.ClH/c1-2-24-20-11-9-19(10-12-20)21-13-8-18(15-23)14-22(21)25-16-17-6-4-3-5-7-17;/h3-14H,2,15-16,23H2,1H3;1H. The zero-order valence-electron chi connectivity index (χ0n) is 14.9. The van der Waals surface area contributed by atoms with Crippen molar-refractivity contribution in [1.29, 1.82) is 0 Å². The summed E-state index contributed by atoms with van der Waals surface area (Å²) in [5.74, 6) is 1.72. The Morgan fingerprint density at radius 1 is 0.808 bits per heavy atom. The van der Waals surface area contributed by atoms with E-state index in [0.29, 0.717) is 19.8 Å². The van der Waals surface area contributed by atoms with Crippen LogP contribution in [0.2, 0.25) is 0 Å². The van der Waals surface area contributed by atoms with Crippen LogP contribution in [0, 0.1) is 0 Å². The van der Waals surface area contributed by atoms with E-state index in [1.54, 1.807) is 0 Å². The maximum Gasteiger partial charge on any atom is 0.127 e. The second-order valence-corrected chi connectivity index (χ2v) is 5.77. The van der Waals surface area contributed by atoms with Gasteiger partial charge in [-0.3, -0.25) is 0 Å². The van der Waals surface area contributed by atoms with Gasteiger partial charge in [-0.25, -0.2) is 0 Å². The molecule has 0 unspecified atom stereocenters. The van der Waals surface area contributed by atoms with Crippen LogP contribution in [0.1, 0.15) is 18.1 Å². The zero-order valence-corrected chi connectivity index (χ0v) is 15.7. The Morgan fingerprint density at radius 2 is 1.54 bits per heavy atom. The molecule has 26 heavy (non-hydrogen) atoms. The molecule has 4 heteroatoms. The van der Waals surface area contributed by atoms with E-state index in [4.69, 9.17) is 15.2 Å². The SMILES string of the molecule is CCOc1ccc(-c2ccc(CN)cc2OCc2ccccc2)cc1.Cl. The van der Waals surface area contributed by atoms with Gasteiger partial charge in [0.05, 0.1) is 6.61 Å². The lowest BCUT2D eigenvalue weighted by Crippen LogP contribution is -2.00. The van der Waals surface area contributed by atoms with E-state index in [1.807, 2.05) is 49.4 Å². The van der Waals surface area contributed by atoms with Crippen molar-refractivity contribution in [1.82, 2.24) is 0 Å². The Bertz CT molecular complexity index is 804. The van der Waals surface area contributed by atoms with Crippen molar-refractivity contribution < 1.29 is 9.47 Å². The first kappa shape index (κ1) is 19.8. The number of nitrogens with two attached hydrogens (primary N) is 1. The van der Waals surface area contributed by atoms with Crippen LogP contribution in [0.25, 0.3) is 11.1 Å². The summed E-state index contributed by atoms with van der Waals surface area (Å²) in [5, 5.41) is 0. The number of rotatable bonds is 7. The molecule has 0 spiro atoms. The molecular formula is C22H24ClNO2. The molecule has 0 bridgehead atoms. The van der Waals surface area contributed by atoms with E-state index in [0.717, 1.165) is 33.8 Å². The zero-order chi connectivity index (χ0) is 17.5. The molecule has 0 fully saturated rings. The normalized spacial score (nSPS) is 10.1. The highest BCUT2D eigenvalue weighted by atomic mass is 35.5. The Hall–Kier alpha value is -2.49. The quantitative estimate of drug-likeness (QED) is 0.621. The fraction of sp³-hybridized carbons (Fsp3) is 0.182. The third-order valence-corrected chi connectivity index (χ3v) is 4.00. The Kier molecular flexibility index (Phi) is 7.52. The van der Waals surface area contributed by atoms with Gasteiger partial charge in [-0.05, 0) is 41.8 Å². The van der Waals surface area contributed by atoms with Gasteiger partial charge in [0, 0.05) is 12.1 Å². The average molecular weight is 370 g/mol. The molecule has 0 aromatic heterocycles. The number of benzene rings is 3. The first-order valence-electron chi connectivity index (χ1n) is 8.53. The van der Waals surface area contributed by atoms with E-state index in [1.165, 1.54) is 0 Å². The van der Waals surface area contributed by atoms with Crippen LogP contribution in [-0.2, 0) is 13.2 Å². The molecule has 0 aliphatic heterocycles. The Labute approximate surface area is 161 Å². The number of ether oxygens (including phenoxy) is 2. The molecule has 0 aliphatic rings. The van der Waals surface area contributed by atoms with Crippen molar-refractivity contribution in [2.75, 3.05) is 6.61 Å². The van der Waals surface area contributed by atoms with Gasteiger partial charge in [-0.1, -0.05) is 54.6 Å². The summed E-state index contributed by atoms with van der Waals surface area (Å²) in [6.45, 7) is 3.66. The summed E-state index contributed by atoms with van der Waals surface area (Å²) >= 11 is 0. The fourth-order valence-corrected chi connectivity index (χ4v) is 2.68. The van der Waals surface area contributed by atoms with Crippen LogP contribution in [-0.4, -0.2) is 6.61 Å². The van der Waals surface area contributed by atoms with Crippen molar-refractivity contribution in [3.8, 4) is 22.6 Å². The Morgan fingerprint density at radius 3 is 2.19 bits per heavy atom. The third-order valence-electron chi connectivity index (χ3n) is 4.00. The van der Waals surface area contributed by atoms with Gasteiger partial charge in [-0.2, -0.15) is 0 Å². The molecule has 3 nitrogen and oxygen atoms in total. The summed E-state index contributed by atoms with van der Waals surface area (Å²) in [7, 11) is 0. The van der Waals surface area contributed by atoms with Gasteiger partial charge in [0.2, 0.25) is 0 Å². The minimum atomic E-state index is 0. The van der Waals surface area contributed by atoms with Gasteiger partial charge in [0.15, 0.2) is 0 Å². The molecule has 0 radical (unpaired) electrons. The molecule has 0 aliphatic carbocycles. The number of hydrogen-bond donors (Lipinski definition) is 1. The Balaban J connectivity index is 0.00000243. The van der Waals surface area contributed by atoms with E-state index in [-0.39, 0.29) is 12.4 Å². The van der Waals surface area contributed by atoms with Crippen LogP contribution in [0.4, 0.5) is 0 Å². The lowest BCUT2D eigenvalue weighted by atomic mass is 10.0. The minimum Gasteiger partial charge on any atom is -0.494 e. The second kappa shape index (κ2) is 9.85. The lowest BCUT2D eigenvalue weighted by molar-refractivity contribution is 0.307. The van der Waals surface area contributed by atoms with Crippen LogP contribution < -0.4 is 15.2 Å². The highest BCUT2D eigenvalue weighted by molar-refractivity contribution is 5.85.